The Morgan fingerprint density at radius 3 is 2.57 bits per heavy atom. The molecule has 3 nitrogen and oxygen atoms in total. The van der Waals surface area contributed by atoms with Gasteiger partial charge in [0.05, 0.1) is 0 Å². The molecule has 1 N–H and O–H groups in total. The lowest BCUT2D eigenvalue weighted by Gasteiger charge is -2.09. The molecule has 0 spiro atoms. The first-order valence-electron chi connectivity index (χ1n) is 6.43. The molecule has 0 aliphatic rings. The van der Waals surface area contributed by atoms with E-state index in [9.17, 15) is 4.79 Å². The van der Waals surface area contributed by atoms with Gasteiger partial charge >= 0.3 is 5.97 Å². The van der Waals surface area contributed by atoms with Crippen molar-refractivity contribution in [3.8, 4) is 5.75 Å². The van der Waals surface area contributed by atoms with Gasteiger partial charge < -0.3 is 9.84 Å². The molecule has 0 bridgehead atoms. The molecule has 0 aromatic heterocycles. The van der Waals surface area contributed by atoms with Gasteiger partial charge in [-0.15, -0.1) is 0 Å². The van der Waals surface area contributed by atoms with Crippen LogP contribution in [0.2, 0.25) is 5.02 Å². The summed E-state index contributed by atoms with van der Waals surface area (Å²) in [5, 5.41) is 9.26. The Hall–Kier alpha value is -2.26. The first-order chi connectivity index (χ1) is 10.0. The number of hydrogen-bond donors (Lipinski definition) is 1. The van der Waals surface area contributed by atoms with Crippen LogP contribution in [-0.4, -0.2) is 11.1 Å². The van der Waals surface area contributed by atoms with Gasteiger partial charge in [-0.3, -0.25) is 0 Å². The number of hydrogen-bond acceptors (Lipinski definition) is 2. The lowest BCUT2D eigenvalue weighted by atomic mass is 10.1. The standard InChI is InChI=1S/C17H15ClO3/c1-12-10-15(18)7-8-16(12)21-11-14-4-2-13(3-5-14)6-9-17(19)20/h2-10H,11H2,1H3,(H,19,20). The van der Waals surface area contributed by atoms with Crippen LogP contribution in [0.3, 0.4) is 0 Å². The predicted octanol–water partition coefficient (Wildman–Crippen LogP) is 4.33. The number of halogens is 1. The Morgan fingerprint density at radius 1 is 1.24 bits per heavy atom. The lowest BCUT2D eigenvalue weighted by Crippen LogP contribution is -1.97. The number of carboxylic acid groups (broad SMARTS) is 1. The average Bonchev–Trinajstić information content (AvgIpc) is 2.45. The quantitative estimate of drug-likeness (QED) is 0.836. The molecule has 0 saturated carbocycles. The largest absolute Gasteiger partial charge is 0.489 e. The number of aliphatic carboxylic acids is 1. The number of aryl methyl sites for hydroxylation is 1. The molecule has 0 saturated heterocycles. The Labute approximate surface area is 128 Å². The molecule has 2 aromatic carbocycles. The van der Waals surface area contributed by atoms with Crippen molar-refractivity contribution < 1.29 is 14.6 Å². The molecule has 0 heterocycles. The fourth-order valence-corrected chi connectivity index (χ4v) is 2.05. The number of carboxylic acids is 1. The van der Waals surface area contributed by atoms with Crippen molar-refractivity contribution >= 4 is 23.6 Å². The minimum absolute atomic E-state index is 0.450. The lowest BCUT2D eigenvalue weighted by molar-refractivity contribution is -0.131. The van der Waals surface area contributed by atoms with Crippen molar-refractivity contribution in [2.24, 2.45) is 0 Å². The van der Waals surface area contributed by atoms with Gasteiger partial charge in [-0.25, -0.2) is 4.79 Å². The third-order valence-corrected chi connectivity index (χ3v) is 3.16. The molecule has 0 unspecified atom stereocenters. The van der Waals surface area contributed by atoms with Crippen molar-refractivity contribution in [3.63, 3.8) is 0 Å². The molecular formula is C17H15ClO3. The smallest absolute Gasteiger partial charge is 0.328 e. The number of ether oxygens (including phenoxy) is 1. The second-order valence-electron chi connectivity index (χ2n) is 4.61. The van der Waals surface area contributed by atoms with Gasteiger partial charge in [0, 0.05) is 11.1 Å². The summed E-state index contributed by atoms with van der Waals surface area (Å²) in [6.45, 7) is 2.40. The van der Waals surface area contributed by atoms with E-state index in [1.54, 1.807) is 12.1 Å². The van der Waals surface area contributed by atoms with Crippen LogP contribution in [0.15, 0.2) is 48.5 Å². The minimum Gasteiger partial charge on any atom is -0.489 e. The van der Waals surface area contributed by atoms with Crippen LogP contribution in [0.5, 0.6) is 5.75 Å². The molecule has 0 aliphatic heterocycles. The third-order valence-electron chi connectivity index (χ3n) is 2.93. The molecule has 0 atom stereocenters. The van der Waals surface area contributed by atoms with Gasteiger partial charge in [0.2, 0.25) is 0 Å². The second kappa shape index (κ2) is 6.95. The highest BCUT2D eigenvalue weighted by atomic mass is 35.5. The minimum atomic E-state index is -0.958. The molecule has 2 rings (SSSR count). The number of benzene rings is 2. The summed E-state index contributed by atoms with van der Waals surface area (Å²) >= 11 is 5.90. The maximum absolute atomic E-state index is 10.4. The SMILES string of the molecule is Cc1cc(Cl)ccc1OCc1ccc(C=CC(=O)O)cc1. The Kier molecular flexibility index (Phi) is 5.01. The Balaban J connectivity index is 1.99. The maximum Gasteiger partial charge on any atom is 0.328 e. The monoisotopic (exact) mass is 302 g/mol. The summed E-state index contributed by atoms with van der Waals surface area (Å²) in [6.07, 6.45) is 2.67. The summed E-state index contributed by atoms with van der Waals surface area (Å²) in [5.41, 5.74) is 2.84. The van der Waals surface area contributed by atoms with Gasteiger partial charge in [-0.1, -0.05) is 35.9 Å². The van der Waals surface area contributed by atoms with Crippen LogP contribution in [-0.2, 0) is 11.4 Å². The fourth-order valence-electron chi connectivity index (χ4n) is 1.83. The second-order valence-corrected chi connectivity index (χ2v) is 5.05. The highest BCUT2D eigenvalue weighted by molar-refractivity contribution is 6.30. The number of carbonyl (C=O) groups is 1. The Morgan fingerprint density at radius 2 is 1.95 bits per heavy atom. The van der Waals surface area contributed by atoms with Gasteiger partial charge in [0.25, 0.3) is 0 Å². The van der Waals surface area contributed by atoms with Gasteiger partial charge in [0.1, 0.15) is 12.4 Å². The molecule has 0 amide bonds. The van der Waals surface area contributed by atoms with E-state index in [4.69, 9.17) is 21.4 Å². The van der Waals surface area contributed by atoms with Gasteiger partial charge in [-0.2, -0.15) is 0 Å². The highest BCUT2D eigenvalue weighted by Gasteiger charge is 2.01. The van der Waals surface area contributed by atoms with Crippen molar-refractivity contribution in [2.75, 3.05) is 0 Å². The van der Waals surface area contributed by atoms with Gasteiger partial charge in [-0.05, 0) is 47.9 Å². The zero-order valence-electron chi connectivity index (χ0n) is 11.5. The highest BCUT2D eigenvalue weighted by Crippen LogP contribution is 2.22. The molecule has 21 heavy (non-hydrogen) atoms. The topological polar surface area (TPSA) is 46.5 Å². The van der Waals surface area contributed by atoms with E-state index < -0.39 is 5.97 Å². The summed E-state index contributed by atoms with van der Waals surface area (Å²) in [5.74, 6) is -0.158. The van der Waals surface area contributed by atoms with Crippen molar-refractivity contribution in [3.05, 3.63) is 70.3 Å². The summed E-state index contributed by atoms with van der Waals surface area (Å²) in [7, 11) is 0. The molecular weight excluding hydrogens is 288 g/mol. The van der Waals surface area contributed by atoms with Crippen LogP contribution < -0.4 is 4.74 Å². The summed E-state index contributed by atoms with van der Waals surface area (Å²) < 4.78 is 5.75. The predicted molar refractivity (Wildman–Crippen MR) is 83.6 cm³/mol. The Bertz CT molecular complexity index is 660. The normalized spacial score (nSPS) is 10.8. The molecule has 2 aromatic rings. The summed E-state index contributed by atoms with van der Waals surface area (Å²) in [4.78, 5) is 10.4. The number of rotatable bonds is 5. The van der Waals surface area contributed by atoms with E-state index in [1.807, 2.05) is 43.3 Å². The maximum atomic E-state index is 10.4. The van der Waals surface area contributed by atoms with E-state index >= 15 is 0 Å². The van der Waals surface area contributed by atoms with Crippen LogP contribution in [0, 0.1) is 6.92 Å². The van der Waals surface area contributed by atoms with Crippen LogP contribution >= 0.6 is 11.6 Å². The fraction of sp³-hybridized carbons (Fsp3) is 0.118. The molecule has 0 aliphatic carbocycles. The van der Waals surface area contributed by atoms with E-state index in [1.165, 1.54) is 0 Å². The zero-order valence-corrected chi connectivity index (χ0v) is 12.3. The van der Waals surface area contributed by atoms with Crippen LogP contribution in [0.25, 0.3) is 6.08 Å². The van der Waals surface area contributed by atoms with Crippen LogP contribution in [0.1, 0.15) is 16.7 Å². The average molecular weight is 303 g/mol. The van der Waals surface area contributed by atoms with E-state index in [2.05, 4.69) is 0 Å². The molecule has 108 valence electrons. The molecule has 0 radical (unpaired) electrons. The summed E-state index contributed by atoms with van der Waals surface area (Å²) in [6, 6.07) is 13.0. The first-order valence-corrected chi connectivity index (χ1v) is 6.81. The zero-order chi connectivity index (χ0) is 15.2. The van der Waals surface area contributed by atoms with Crippen molar-refractivity contribution in [1.29, 1.82) is 0 Å². The van der Waals surface area contributed by atoms with E-state index in [0.29, 0.717) is 11.6 Å². The third kappa shape index (κ3) is 4.65. The van der Waals surface area contributed by atoms with Gasteiger partial charge in [0.15, 0.2) is 0 Å². The van der Waals surface area contributed by atoms with E-state index in [-0.39, 0.29) is 0 Å². The first kappa shape index (κ1) is 15.1. The van der Waals surface area contributed by atoms with Crippen molar-refractivity contribution in [2.45, 2.75) is 13.5 Å². The van der Waals surface area contributed by atoms with E-state index in [0.717, 1.165) is 28.5 Å². The molecule has 4 heteroatoms. The molecule has 0 fully saturated rings. The van der Waals surface area contributed by atoms with Crippen molar-refractivity contribution in [1.82, 2.24) is 0 Å². The van der Waals surface area contributed by atoms with Crippen LogP contribution in [0.4, 0.5) is 0 Å².